The Kier molecular flexibility index (Phi) is 7.09. The lowest BCUT2D eigenvalue weighted by atomic mass is 10.0. The third-order valence-corrected chi connectivity index (χ3v) is 4.94. The van der Waals surface area contributed by atoms with E-state index in [0.29, 0.717) is 28.3 Å². The summed E-state index contributed by atoms with van der Waals surface area (Å²) in [6.45, 7) is 0.192. The maximum atomic E-state index is 13.1. The summed E-state index contributed by atoms with van der Waals surface area (Å²) < 4.78 is 10.7. The van der Waals surface area contributed by atoms with Crippen LogP contribution in [0.5, 0.6) is 11.5 Å². The molecule has 6 heteroatoms. The van der Waals surface area contributed by atoms with Gasteiger partial charge in [0.2, 0.25) is 5.91 Å². The number of carbonyl (C=O) groups excluding carboxylic acids is 2. The third kappa shape index (κ3) is 4.63. The van der Waals surface area contributed by atoms with Crippen LogP contribution in [0.15, 0.2) is 72.8 Å². The first-order chi connectivity index (χ1) is 14.6. The molecule has 0 bridgehead atoms. The molecule has 0 unspecified atom stereocenters. The number of halogens is 1. The second kappa shape index (κ2) is 9.94. The van der Waals surface area contributed by atoms with Crippen molar-refractivity contribution < 1.29 is 19.1 Å². The number of ether oxygens (including phenoxy) is 2. The molecule has 0 fully saturated rings. The first-order valence-corrected chi connectivity index (χ1v) is 9.88. The lowest BCUT2D eigenvalue weighted by Gasteiger charge is -2.25. The number of ketones is 1. The van der Waals surface area contributed by atoms with E-state index < -0.39 is 0 Å². The maximum absolute atomic E-state index is 13.1. The average molecular weight is 424 g/mol. The largest absolute Gasteiger partial charge is 0.497 e. The lowest BCUT2D eigenvalue weighted by molar-refractivity contribution is -0.116. The van der Waals surface area contributed by atoms with Gasteiger partial charge in [-0.15, -0.1) is 11.6 Å². The molecule has 0 N–H and O–H groups in total. The van der Waals surface area contributed by atoms with Crippen LogP contribution in [-0.4, -0.2) is 31.8 Å². The number of hydrogen-bond donors (Lipinski definition) is 0. The normalized spacial score (nSPS) is 10.4. The van der Waals surface area contributed by atoms with Crippen LogP contribution in [0, 0.1) is 0 Å². The van der Waals surface area contributed by atoms with E-state index >= 15 is 0 Å². The van der Waals surface area contributed by atoms with E-state index in [1.807, 2.05) is 12.1 Å². The van der Waals surface area contributed by atoms with Gasteiger partial charge in [0.25, 0.3) is 0 Å². The van der Waals surface area contributed by atoms with Gasteiger partial charge in [-0.3, -0.25) is 9.59 Å². The van der Waals surface area contributed by atoms with Gasteiger partial charge in [0.05, 0.1) is 26.5 Å². The van der Waals surface area contributed by atoms with Gasteiger partial charge in [0, 0.05) is 22.8 Å². The van der Waals surface area contributed by atoms with Crippen molar-refractivity contribution in [2.24, 2.45) is 0 Å². The number of para-hydroxylation sites is 1. The van der Waals surface area contributed by atoms with Gasteiger partial charge < -0.3 is 14.4 Å². The third-order valence-electron chi connectivity index (χ3n) is 4.71. The zero-order valence-corrected chi connectivity index (χ0v) is 17.6. The molecule has 0 saturated heterocycles. The predicted octanol–water partition coefficient (Wildman–Crippen LogP) is 4.71. The summed E-state index contributed by atoms with van der Waals surface area (Å²) in [5, 5.41) is 0. The molecule has 3 rings (SSSR count). The predicted molar refractivity (Wildman–Crippen MR) is 118 cm³/mol. The van der Waals surface area contributed by atoms with Crippen molar-refractivity contribution in [1.82, 2.24) is 0 Å². The maximum Gasteiger partial charge on any atom is 0.242 e. The van der Waals surface area contributed by atoms with E-state index in [1.54, 1.807) is 74.9 Å². The quantitative estimate of drug-likeness (QED) is 0.389. The standard InChI is InChI=1S/C24H22ClNO4/c1-29-19-13-12-18(22(14-19)30-2)16-26(23(27)15-25)21-11-7-6-10-20(21)24(28)17-8-4-3-5-9-17/h3-14H,15-16H2,1-2H3. The topological polar surface area (TPSA) is 55.8 Å². The summed E-state index contributed by atoms with van der Waals surface area (Å²) in [5.41, 5.74) is 2.23. The molecule has 0 saturated carbocycles. The van der Waals surface area contributed by atoms with E-state index in [9.17, 15) is 9.59 Å². The van der Waals surface area contributed by atoms with Gasteiger partial charge in [0.15, 0.2) is 5.78 Å². The number of methoxy groups -OCH3 is 2. The van der Waals surface area contributed by atoms with Gasteiger partial charge in [-0.05, 0) is 24.3 Å². The number of anilines is 1. The highest BCUT2D eigenvalue weighted by atomic mass is 35.5. The Morgan fingerprint density at radius 3 is 2.27 bits per heavy atom. The molecule has 0 radical (unpaired) electrons. The first-order valence-electron chi connectivity index (χ1n) is 9.35. The zero-order valence-electron chi connectivity index (χ0n) is 16.8. The number of hydrogen-bond acceptors (Lipinski definition) is 4. The number of rotatable bonds is 8. The molecule has 1 amide bonds. The van der Waals surface area contributed by atoms with Crippen molar-refractivity contribution in [2.45, 2.75) is 6.54 Å². The summed E-state index contributed by atoms with van der Waals surface area (Å²) in [6, 6.07) is 21.4. The highest BCUT2D eigenvalue weighted by molar-refractivity contribution is 6.29. The van der Waals surface area contributed by atoms with Crippen LogP contribution in [0.3, 0.4) is 0 Å². The average Bonchev–Trinajstić information content (AvgIpc) is 2.82. The Labute approximate surface area is 180 Å². The fourth-order valence-electron chi connectivity index (χ4n) is 3.18. The van der Waals surface area contributed by atoms with Crippen molar-refractivity contribution in [1.29, 1.82) is 0 Å². The van der Waals surface area contributed by atoms with Crippen molar-refractivity contribution in [3.63, 3.8) is 0 Å². The minimum atomic E-state index is -0.317. The number of nitrogens with zero attached hydrogens (tertiary/aromatic N) is 1. The number of benzene rings is 3. The summed E-state index contributed by atoms with van der Waals surface area (Å²) in [7, 11) is 3.13. The van der Waals surface area contributed by atoms with Crippen molar-refractivity contribution in [2.75, 3.05) is 25.0 Å². The molecule has 3 aromatic rings. The molecular formula is C24H22ClNO4. The molecule has 0 atom stereocenters. The van der Waals surface area contributed by atoms with Gasteiger partial charge >= 0.3 is 0 Å². The molecule has 5 nitrogen and oxygen atoms in total. The highest BCUT2D eigenvalue weighted by Crippen LogP contribution is 2.30. The van der Waals surface area contributed by atoms with Gasteiger partial charge in [0.1, 0.15) is 17.4 Å². The number of carbonyl (C=O) groups is 2. The molecule has 0 heterocycles. The Bertz CT molecular complexity index is 1040. The van der Waals surface area contributed by atoms with E-state index in [4.69, 9.17) is 21.1 Å². The molecule has 0 spiro atoms. The molecule has 0 aliphatic heterocycles. The van der Waals surface area contributed by atoms with Gasteiger partial charge in [-0.2, -0.15) is 0 Å². The minimum absolute atomic E-state index is 0.166. The van der Waals surface area contributed by atoms with Crippen LogP contribution in [-0.2, 0) is 11.3 Å². The molecule has 0 aliphatic carbocycles. The number of amides is 1. The van der Waals surface area contributed by atoms with Crippen LogP contribution in [0.4, 0.5) is 5.69 Å². The van der Waals surface area contributed by atoms with E-state index in [0.717, 1.165) is 5.56 Å². The van der Waals surface area contributed by atoms with Crippen LogP contribution >= 0.6 is 11.6 Å². The summed E-state index contributed by atoms with van der Waals surface area (Å²) in [5.74, 6) is 0.522. The molecule has 0 aromatic heterocycles. The minimum Gasteiger partial charge on any atom is -0.497 e. The van der Waals surface area contributed by atoms with Crippen molar-refractivity contribution in [3.05, 3.63) is 89.5 Å². The Hall–Kier alpha value is -3.31. The van der Waals surface area contributed by atoms with Crippen molar-refractivity contribution in [3.8, 4) is 11.5 Å². The lowest BCUT2D eigenvalue weighted by Crippen LogP contribution is -2.33. The van der Waals surface area contributed by atoms with Crippen LogP contribution < -0.4 is 14.4 Å². The Balaban J connectivity index is 2.04. The van der Waals surface area contributed by atoms with Gasteiger partial charge in [-0.1, -0.05) is 42.5 Å². The second-order valence-corrected chi connectivity index (χ2v) is 6.77. The Morgan fingerprint density at radius 2 is 1.60 bits per heavy atom. The smallest absolute Gasteiger partial charge is 0.242 e. The SMILES string of the molecule is COc1ccc(CN(C(=O)CCl)c2ccccc2C(=O)c2ccccc2)c(OC)c1. The van der Waals surface area contributed by atoms with E-state index in [2.05, 4.69) is 0 Å². The molecule has 154 valence electrons. The number of alkyl halides is 1. The zero-order chi connectivity index (χ0) is 21.5. The summed E-state index contributed by atoms with van der Waals surface area (Å²) in [4.78, 5) is 27.4. The van der Waals surface area contributed by atoms with Crippen LogP contribution in [0.2, 0.25) is 0 Å². The fraction of sp³-hybridized carbons (Fsp3) is 0.167. The van der Waals surface area contributed by atoms with E-state index in [1.165, 1.54) is 4.90 Å². The molecule has 3 aromatic carbocycles. The van der Waals surface area contributed by atoms with Crippen LogP contribution in [0.25, 0.3) is 0 Å². The van der Waals surface area contributed by atoms with E-state index in [-0.39, 0.29) is 24.1 Å². The summed E-state index contributed by atoms with van der Waals surface area (Å²) in [6.07, 6.45) is 0. The highest BCUT2D eigenvalue weighted by Gasteiger charge is 2.23. The van der Waals surface area contributed by atoms with Gasteiger partial charge in [-0.25, -0.2) is 0 Å². The molecule has 0 aliphatic rings. The first kappa shape index (κ1) is 21.4. The fourth-order valence-corrected chi connectivity index (χ4v) is 3.32. The van der Waals surface area contributed by atoms with Crippen LogP contribution in [0.1, 0.15) is 21.5 Å². The molecule has 30 heavy (non-hydrogen) atoms. The van der Waals surface area contributed by atoms with Crippen molar-refractivity contribution >= 4 is 29.0 Å². The summed E-state index contributed by atoms with van der Waals surface area (Å²) >= 11 is 5.91. The monoisotopic (exact) mass is 423 g/mol. The molecular weight excluding hydrogens is 402 g/mol. The Morgan fingerprint density at radius 1 is 0.900 bits per heavy atom. The second-order valence-electron chi connectivity index (χ2n) is 6.50.